The Morgan fingerprint density at radius 2 is 0.831 bits per heavy atom. The molecule has 13 rings (SSSR count). The molecule has 0 radical (unpaired) electrons. The minimum absolute atomic E-state index is 0.488. The van der Waals surface area contributed by atoms with Crippen molar-refractivity contribution in [3.63, 3.8) is 0 Å². The first-order valence-corrected chi connectivity index (χ1v) is 22.3. The Kier molecular flexibility index (Phi) is 8.44. The molecule has 9 aromatic carbocycles. The molecule has 0 aliphatic heterocycles. The summed E-state index contributed by atoms with van der Waals surface area (Å²) in [6.45, 7) is 0. The molecule has 0 spiro atoms. The summed E-state index contributed by atoms with van der Waals surface area (Å²) < 4.78 is 0. The third kappa shape index (κ3) is 5.86. The van der Waals surface area contributed by atoms with Crippen molar-refractivity contribution in [3.8, 4) is 56.0 Å². The number of hydrogen-bond acceptors (Lipinski definition) is 3. The zero-order valence-electron chi connectivity index (χ0n) is 35.4. The van der Waals surface area contributed by atoms with E-state index in [2.05, 4.69) is 231 Å². The Morgan fingerprint density at radius 3 is 1.52 bits per heavy atom. The van der Waals surface area contributed by atoms with Crippen LogP contribution in [0.4, 0.5) is 0 Å². The summed E-state index contributed by atoms with van der Waals surface area (Å²) in [4.78, 5) is 15.8. The maximum absolute atomic E-state index is 5.45. The van der Waals surface area contributed by atoms with Crippen LogP contribution in [0, 0.1) is 0 Å². The molecule has 3 aromatic heterocycles. The summed E-state index contributed by atoms with van der Waals surface area (Å²) >= 11 is 0. The fourth-order valence-corrected chi connectivity index (χ4v) is 10.5. The first kappa shape index (κ1) is 37.1. The van der Waals surface area contributed by atoms with Crippen molar-refractivity contribution in [2.45, 2.75) is 5.41 Å². The van der Waals surface area contributed by atoms with Crippen LogP contribution >= 0.6 is 0 Å². The number of para-hydroxylation sites is 1. The van der Waals surface area contributed by atoms with Gasteiger partial charge in [-0.25, -0.2) is 15.0 Å². The van der Waals surface area contributed by atoms with Crippen LogP contribution in [0.1, 0.15) is 22.3 Å². The van der Waals surface area contributed by atoms with Crippen molar-refractivity contribution in [1.82, 2.24) is 15.0 Å². The molecule has 65 heavy (non-hydrogen) atoms. The number of rotatable bonds is 6. The predicted octanol–water partition coefficient (Wildman–Crippen LogP) is 15.5. The van der Waals surface area contributed by atoms with Gasteiger partial charge in [-0.3, -0.25) is 0 Å². The molecule has 0 saturated carbocycles. The number of hydrogen-bond donors (Lipinski definition) is 0. The molecule has 3 nitrogen and oxygen atoms in total. The molecular weight excluding hydrogens is 787 g/mol. The zero-order valence-corrected chi connectivity index (χ0v) is 35.4. The third-order valence-electron chi connectivity index (χ3n) is 13.5. The lowest BCUT2D eigenvalue weighted by Gasteiger charge is -2.34. The van der Waals surface area contributed by atoms with Gasteiger partial charge in [0.2, 0.25) is 0 Å². The molecule has 0 amide bonds. The Balaban J connectivity index is 0.930. The summed E-state index contributed by atoms with van der Waals surface area (Å²) in [6, 6.07) is 85.2. The number of pyridine rings is 3. The second-order valence-electron chi connectivity index (χ2n) is 17.1. The molecule has 1 aliphatic carbocycles. The Bertz CT molecular complexity index is 3770. The minimum Gasteiger partial charge on any atom is -0.247 e. The molecule has 12 aromatic rings. The van der Waals surface area contributed by atoms with E-state index in [0.29, 0.717) is 0 Å². The molecular formula is C62H39N3. The first-order valence-electron chi connectivity index (χ1n) is 22.3. The zero-order chi connectivity index (χ0) is 42.9. The minimum atomic E-state index is -0.488. The van der Waals surface area contributed by atoms with Crippen LogP contribution in [-0.2, 0) is 5.41 Å². The SMILES string of the molecule is c1ccc(-c2ccc3ccc4ccc(-c5ccc(-c6cccc(-c7nc8ccccc8c8cc9c(cc78)-c7ccccc7C9(c7ccccc7)c7ccccc7)c6)cc5)nc4c3n2)cc1. The van der Waals surface area contributed by atoms with Crippen molar-refractivity contribution in [2.75, 3.05) is 0 Å². The lowest BCUT2D eigenvalue weighted by molar-refractivity contribution is 0.769. The number of aromatic nitrogens is 3. The van der Waals surface area contributed by atoms with Crippen molar-refractivity contribution >= 4 is 43.5 Å². The van der Waals surface area contributed by atoms with Crippen LogP contribution in [0.15, 0.2) is 237 Å². The second-order valence-corrected chi connectivity index (χ2v) is 17.1. The van der Waals surface area contributed by atoms with Gasteiger partial charge in [0.05, 0.1) is 39.0 Å². The average molecular weight is 826 g/mol. The van der Waals surface area contributed by atoms with E-state index < -0.39 is 5.41 Å². The van der Waals surface area contributed by atoms with Gasteiger partial charge in [-0.2, -0.15) is 0 Å². The van der Waals surface area contributed by atoms with Crippen LogP contribution in [-0.4, -0.2) is 15.0 Å². The fourth-order valence-electron chi connectivity index (χ4n) is 10.5. The monoisotopic (exact) mass is 825 g/mol. The van der Waals surface area contributed by atoms with Gasteiger partial charge in [0.25, 0.3) is 0 Å². The van der Waals surface area contributed by atoms with Crippen LogP contribution in [0.5, 0.6) is 0 Å². The van der Waals surface area contributed by atoms with E-state index in [-0.39, 0.29) is 0 Å². The highest BCUT2D eigenvalue weighted by atomic mass is 14.8. The highest BCUT2D eigenvalue weighted by molar-refractivity contribution is 6.13. The van der Waals surface area contributed by atoms with Crippen LogP contribution in [0.3, 0.4) is 0 Å². The molecule has 0 atom stereocenters. The van der Waals surface area contributed by atoms with E-state index in [1.807, 2.05) is 6.07 Å². The van der Waals surface area contributed by atoms with E-state index in [0.717, 1.165) is 83.0 Å². The Hall–Kier alpha value is -8.53. The molecule has 3 heteroatoms. The third-order valence-corrected chi connectivity index (χ3v) is 13.5. The number of nitrogens with zero attached hydrogens (tertiary/aromatic N) is 3. The molecule has 0 N–H and O–H groups in total. The topological polar surface area (TPSA) is 38.7 Å². The van der Waals surface area contributed by atoms with Crippen LogP contribution < -0.4 is 0 Å². The summed E-state index contributed by atoms with van der Waals surface area (Å²) in [5, 5.41) is 5.64. The maximum atomic E-state index is 5.45. The van der Waals surface area contributed by atoms with Gasteiger partial charge < -0.3 is 0 Å². The molecule has 0 unspecified atom stereocenters. The average Bonchev–Trinajstić information content (AvgIpc) is 3.68. The van der Waals surface area contributed by atoms with Gasteiger partial charge in [-0.15, -0.1) is 0 Å². The van der Waals surface area contributed by atoms with E-state index in [9.17, 15) is 0 Å². The first-order chi connectivity index (χ1) is 32.2. The van der Waals surface area contributed by atoms with Crippen molar-refractivity contribution in [3.05, 3.63) is 259 Å². The number of benzene rings is 9. The number of fused-ring (bicyclic) bond motifs is 9. The van der Waals surface area contributed by atoms with E-state index in [1.54, 1.807) is 0 Å². The largest absolute Gasteiger partial charge is 0.247 e. The molecule has 3 heterocycles. The predicted molar refractivity (Wildman–Crippen MR) is 269 cm³/mol. The smallest absolute Gasteiger partial charge is 0.0972 e. The maximum Gasteiger partial charge on any atom is 0.0972 e. The molecule has 0 fully saturated rings. The van der Waals surface area contributed by atoms with Crippen molar-refractivity contribution in [2.24, 2.45) is 0 Å². The van der Waals surface area contributed by atoms with E-state index >= 15 is 0 Å². The lowest BCUT2D eigenvalue weighted by atomic mass is 9.67. The Morgan fingerprint density at radius 1 is 0.292 bits per heavy atom. The Labute approximate surface area is 377 Å². The van der Waals surface area contributed by atoms with Gasteiger partial charge in [0, 0.05) is 38.2 Å². The van der Waals surface area contributed by atoms with Crippen molar-refractivity contribution < 1.29 is 0 Å². The van der Waals surface area contributed by atoms with Gasteiger partial charge in [-0.1, -0.05) is 200 Å². The van der Waals surface area contributed by atoms with Crippen LogP contribution in [0.25, 0.3) is 99.5 Å². The van der Waals surface area contributed by atoms with E-state index in [4.69, 9.17) is 15.0 Å². The summed E-state index contributed by atoms with van der Waals surface area (Å²) in [5.74, 6) is 0. The van der Waals surface area contributed by atoms with Crippen LogP contribution in [0.2, 0.25) is 0 Å². The van der Waals surface area contributed by atoms with Crippen molar-refractivity contribution in [1.29, 1.82) is 0 Å². The standard InChI is InChI=1S/C62H39N3/c1-4-15-41(16-5-1)56-35-33-43-31-32-44-34-36-57(64-61(44)60(43)63-56)42-29-27-40(28-30-42)45-17-14-18-46(37-45)59-53-38-52-49-23-10-12-25-54(49)62(47-19-6-2-7-20-47,48-21-8-3-9-22-48)55(52)39-51(53)50-24-11-13-26-58(50)65-59/h1-39H. The highest BCUT2D eigenvalue weighted by Crippen LogP contribution is 2.57. The summed E-state index contributed by atoms with van der Waals surface area (Å²) in [5.41, 5.74) is 18.2. The van der Waals surface area contributed by atoms with Gasteiger partial charge in [-0.05, 0) is 86.3 Å². The fraction of sp³-hybridized carbons (Fsp3) is 0.0161. The summed E-state index contributed by atoms with van der Waals surface area (Å²) in [6.07, 6.45) is 0. The normalized spacial score (nSPS) is 12.7. The second kappa shape index (κ2) is 14.8. The molecule has 1 aliphatic rings. The van der Waals surface area contributed by atoms with Gasteiger partial charge >= 0.3 is 0 Å². The van der Waals surface area contributed by atoms with Gasteiger partial charge in [0.15, 0.2) is 0 Å². The summed E-state index contributed by atoms with van der Waals surface area (Å²) in [7, 11) is 0. The molecule has 0 saturated heterocycles. The molecule has 302 valence electrons. The lowest BCUT2D eigenvalue weighted by Crippen LogP contribution is -2.28. The highest BCUT2D eigenvalue weighted by Gasteiger charge is 2.46. The van der Waals surface area contributed by atoms with Gasteiger partial charge in [0.1, 0.15) is 0 Å². The quantitative estimate of drug-likeness (QED) is 0.157. The molecule has 0 bridgehead atoms. The van der Waals surface area contributed by atoms with E-state index in [1.165, 1.54) is 38.8 Å².